The molecule has 1 saturated carbocycles. The van der Waals surface area contributed by atoms with Crippen molar-refractivity contribution in [3.8, 4) is 0 Å². The normalized spacial score (nSPS) is 29.0. The number of anilines is 2. The van der Waals surface area contributed by atoms with Gasteiger partial charge >= 0.3 is 5.97 Å². The van der Waals surface area contributed by atoms with E-state index in [0.717, 1.165) is 36.0 Å². The number of rotatable bonds is 1. The van der Waals surface area contributed by atoms with Gasteiger partial charge in [0.2, 0.25) is 0 Å². The molecule has 2 atom stereocenters. The Morgan fingerprint density at radius 2 is 1.31 bits per heavy atom. The second-order valence-electron chi connectivity index (χ2n) is 16.6. The van der Waals surface area contributed by atoms with Gasteiger partial charge in [0.1, 0.15) is 0 Å². The van der Waals surface area contributed by atoms with Crippen LogP contribution in [0.15, 0.2) is 72.8 Å². The molecule has 3 heterocycles. The summed E-state index contributed by atoms with van der Waals surface area (Å²) >= 11 is 0. The van der Waals surface area contributed by atoms with Crippen LogP contribution in [-0.4, -0.2) is 31.1 Å². The van der Waals surface area contributed by atoms with Crippen molar-refractivity contribution in [2.24, 2.45) is 11.8 Å². The first-order chi connectivity index (χ1) is 22.6. The molecule has 3 aromatic carbocycles. The molecule has 2 aliphatic carbocycles. The summed E-state index contributed by atoms with van der Waals surface area (Å²) in [5.74, 6) is 0.630. The fourth-order valence-electron chi connectivity index (χ4n) is 10.4. The molecule has 3 aliphatic heterocycles. The van der Waals surface area contributed by atoms with E-state index >= 15 is 0 Å². The van der Waals surface area contributed by atoms with Gasteiger partial charge in [-0.1, -0.05) is 62.8 Å². The zero-order valence-corrected chi connectivity index (χ0v) is 30.5. The van der Waals surface area contributed by atoms with Crippen LogP contribution in [0.25, 0.3) is 11.1 Å². The lowest BCUT2D eigenvalue weighted by Gasteiger charge is -2.56. The molecule has 248 valence electrons. The monoisotopic (exact) mass is 638 g/mol. The van der Waals surface area contributed by atoms with Crippen LogP contribution in [-0.2, 0) is 15.8 Å². The fraction of sp³-hybridized carbons (Fsp3) is 0.432. The number of allylic oxidation sites excluding steroid dienone is 3. The van der Waals surface area contributed by atoms with Gasteiger partial charge in [0.25, 0.3) is 0 Å². The summed E-state index contributed by atoms with van der Waals surface area (Å²) in [5.41, 5.74) is 13.0. The van der Waals surface area contributed by atoms with Crippen molar-refractivity contribution in [2.75, 3.05) is 23.9 Å². The van der Waals surface area contributed by atoms with E-state index in [0.29, 0.717) is 17.4 Å². The largest absolute Gasteiger partial charge is 0.441 e. The molecule has 5 aliphatic rings. The van der Waals surface area contributed by atoms with Gasteiger partial charge in [-0.25, -0.2) is 4.79 Å². The van der Waals surface area contributed by atoms with Crippen LogP contribution in [0.2, 0.25) is 0 Å². The van der Waals surface area contributed by atoms with Gasteiger partial charge in [0.15, 0.2) is 5.60 Å². The highest BCUT2D eigenvalue weighted by Gasteiger charge is 2.61. The van der Waals surface area contributed by atoms with Crippen LogP contribution in [0.1, 0.15) is 124 Å². The third kappa shape index (κ3) is 3.70. The molecule has 0 saturated heterocycles. The number of ether oxygens (including phenoxy) is 1. The number of fused-ring (bicyclic) bond motifs is 10. The third-order valence-corrected chi connectivity index (χ3v) is 13.2. The van der Waals surface area contributed by atoms with Crippen LogP contribution in [0.5, 0.6) is 0 Å². The molecular weight excluding hydrogens is 588 g/mol. The molecule has 0 amide bonds. The first-order valence-electron chi connectivity index (χ1n) is 17.9. The summed E-state index contributed by atoms with van der Waals surface area (Å²) in [6.07, 6.45) is 7.98. The number of benzene rings is 3. The molecule has 8 rings (SSSR count). The van der Waals surface area contributed by atoms with Crippen molar-refractivity contribution >= 4 is 28.5 Å². The molecule has 4 heteroatoms. The summed E-state index contributed by atoms with van der Waals surface area (Å²) in [4.78, 5) is 18.9. The zero-order chi connectivity index (χ0) is 34.3. The van der Waals surface area contributed by atoms with E-state index < -0.39 is 11.0 Å². The van der Waals surface area contributed by atoms with Gasteiger partial charge < -0.3 is 14.5 Å². The lowest BCUT2D eigenvalue weighted by molar-refractivity contribution is 0.0223. The summed E-state index contributed by atoms with van der Waals surface area (Å²) in [5, 5.41) is 0. The summed E-state index contributed by atoms with van der Waals surface area (Å²) in [6.45, 7) is 23.4. The Labute approximate surface area is 287 Å². The molecule has 0 aromatic heterocycles. The van der Waals surface area contributed by atoms with E-state index in [1.165, 1.54) is 50.3 Å². The SMILES string of the molecule is C=C1CC(CC)CC(C)C12c1cc3c(cc1C1(OC(=O)c4ccccc41)c1cc4c(cc12)N(C)C(C)(C)C=C4C)C(C)=CC(C)(C)N3C. The summed E-state index contributed by atoms with van der Waals surface area (Å²) < 4.78 is 6.91. The molecule has 0 N–H and O–H groups in total. The molecule has 3 aromatic rings. The average Bonchev–Trinajstić information content (AvgIpc) is 3.33. The predicted molar refractivity (Wildman–Crippen MR) is 199 cm³/mol. The predicted octanol–water partition coefficient (Wildman–Crippen LogP) is 10.0. The highest BCUT2D eigenvalue weighted by molar-refractivity contribution is 5.98. The summed E-state index contributed by atoms with van der Waals surface area (Å²) in [7, 11) is 4.43. The molecule has 0 radical (unpaired) electrons. The third-order valence-electron chi connectivity index (χ3n) is 13.2. The molecule has 0 bridgehead atoms. The molecule has 1 fully saturated rings. The van der Waals surface area contributed by atoms with Crippen molar-refractivity contribution < 1.29 is 9.53 Å². The van der Waals surface area contributed by atoms with E-state index in [1.807, 2.05) is 12.1 Å². The lowest BCUT2D eigenvalue weighted by Crippen LogP contribution is -2.51. The molecule has 2 unspecified atom stereocenters. The van der Waals surface area contributed by atoms with Crippen molar-refractivity contribution in [1.82, 2.24) is 0 Å². The quantitative estimate of drug-likeness (QED) is 0.196. The van der Waals surface area contributed by atoms with Gasteiger partial charge in [-0.2, -0.15) is 0 Å². The van der Waals surface area contributed by atoms with Gasteiger partial charge in [0, 0.05) is 58.7 Å². The standard InChI is InChI=1S/C44H50N2O2/c1-12-29-17-27(4)43(28(5)18-29)34-21-38-31(25(2)23-41(6,7)45(38)10)19-36(34)44(33-16-14-13-15-30(33)40(47)48-44)37-20-32-26(3)24-42(8,9)46(11)39(32)22-35(37)43/h13-16,19-24,28-29H,4,12,17-18H2,1-3,5-11H3. The number of carbonyl (C=O) groups excluding carboxylic acids is 1. The van der Waals surface area contributed by atoms with E-state index in [9.17, 15) is 4.79 Å². The van der Waals surface area contributed by atoms with Crippen molar-refractivity contribution in [1.29, 1.82) is 0 Å². The Balaban J connectivity index is 1.57. The first kappa shape index (κ1) is 31.2. The maximum Gasteiger partial charge on any atom is 0.340 e. The van der Waals surface area contributed by atoms with Crippen molar-refractivity contribution in [3.05, 3.63) is 117 Å². The molecule has 4 nitrogen and oxygen atoms in total. The van der Waals surface area contributed by atoms with E-state index in [-0.39, 0.29) is 17.0 Å². The summed E-state index contributed by atoms with van der Waals surface area (Å²) in [6, 6.07) is 17.8. The fourth-order valence-corrected chi connectivity index (χ4v) is 10.4. The number of esters is 1. The minimum absolute atomic E-state index is 0.144. The van der Waals surface area contributed by atoms with Gasteiger partial charge in [0.05, 0.1) is 16.6 Å². The van der Waals surface area contributed by atoms with E-state index in [2.05, 4.69) is 128 Å². The highest BCUT2D eigenvalue weighted by atomic mass is 16.6. The van der Waals surface area contributed by atoms with Crippen LogP contribution < -0.4 is 9.80 Å². The smallest absolute Gasteiger partial charge is 0.340 e. The topological polar surface area (TPSA) is 32.8 Å². The Bertz CT molecular complexity index is 1930. The molecule has 2 spiro atoms. The highest BCUT2D eigenvalue weighted by Crippen LogP contribution is 2.65. The minimum atomic E-state index is -1.08. The Morgan fingerprint density at radius 3 is 1.81 bits per heavy atom. The number of hydrogen-bond donors (Lipinski definition) is 0. The van der Waals surface area contributed by atoms with E-state index in [1.54, 1.807) is 0 Å². The van der Waals surface area contributed by atoms with Crippen LogP contribution in [0, 0.1) is 11.8 Å². The molecule has 48 heavy (non-hydrogen) atoms. The van der Waals surface area contributed by atoms with Crippen LogP contribution >= 0.6 is 0 Å². The number of carbonyl (C=O) groups is 1. The van der Waals surface area contributed by atoms with Gasteiger partial charge in [-0.15, -0.1) is 0 Å². The second-order valence-corrected chi connectivity index (χ2v) is 16.6. The molecular formula is C44H50N2O2. The van der Waals surface area contributed by atoms with E-state index in [4.69, 9.17) is 11.3 Å². The van der Waals surface area contributed by atoms with Crippen molar-refractivity contribution in [2.45, 2.75) is 96.7 Å². The number of likely N-dealkylation sites (N-methyl/N-ethyl adjacent to an activating group) is 2. The Kier molecular flexibility index (Phi) is 6.36. The maximum atomic E-state index is 14.0. The van der Waals surface area contributed by atoms with Gasteiger partial charge in [-0.05, 0) is 119 Å². The maximum absolute atomic E-state index is 14.0. The van der Waals surface area contributed by atoms with Crippen molar-refractivity contribution in [3.63, 3.8) is 0 Å². The Morgan fingerprint density at radius 1 is 0.792 bits per heavy atom. The minimum Gasteiger partial charge on any atom is -0.441 e. The number of nitrogens with zero attached hydrogens (tertiary/aromatic N) is 2. The van der Waals surface area contributed by atoms with Crippen LogP contribution in [0.4, 0.5) is 11.4 Å². The first-order valence-corrected chi connectivity index (χ1v) is 17.9. The average molecular weight is 639 g/mol. The van der Waals surface area contributed by atoms with Crippen LogP contribution in [0.3, 0.4) is 0 Å². The Hall–Kier alpha value is -4.05. The zero-order valence-electron chi connectivity index (χ0n) is 30.5. The second kappa shape index (κ2) is 9.77. The van der Waals surface area contributed by atoms with Gasteiger partial charge in [-0.3, -0.25) is 0 Å². The lowest BCUT2D eigenvalue weighted by atomic mass is 9.49. The number of hydrogen-bond acceptors (Lipinski definition) is 4.